The summed E-state index contributed by atoms with van der Waals surface area (Å²) in [6.07, 6.45) is 0. The molecule has 0 atom stereocenters. The van der Waals surface area contributed by atoms with Gasteiger partial charge in [-0.1, -0.05) is 0 Å². The van der Waals surface area contributed by atoms with Crippen LogP contribution in [0.1, 0.15) is 0 Å². The van der Waals surface area contributed by atoms with E-state index >= 15 is 0 Å². The summed E-state index contributed by atoms with van der Waals surface area (Å²) in [4.78, 5) is 2.27. The first-order valence-electron chi connectivity index (χ1n) is 6.15. The van der Waals surface area contributed by atoms with Gasteiger partial charge in [0.15, 0.2) is 0 Å². The number of likely N-dealkylation sites (tertiary alicyclic amines) is 1. The van der Waals surface area contributed by atoms with Crippen LogP contribution in [0.5, 0.6) is 0 Å². The number of aliphatic hydroxyl groups excluding tert-OH is 1. The second-order valence-corrected chi connectivity index (χ2v) is 4.08. The Morgan fingerprint density at radius 1 is 0.941 bits per heavy atom. The van der Waals surface area contributed by atoms with Gasteiger partial charge in [0.25, 0.3) is 0 Å². The highest BCUT2D eigenvalue weighted by molar-refractivity contribution is 4.81. The first kappa shape index (κ1) is 14.8. The Hall–Kier alpha value is -0.240. The van der Waals surface area contributed by atoms with Gasteiger partial charge < -0.3 is 25.1 Å². The first-order chi connectivity index (χ1) is 8.33. The molecule has 1 aliphatic heterocycles. The van der Waals surface area contributed by atoms with Gasteiger partial charge in [0.05, 0.1) is 46.2 Å². The molecular weight excluding hydrogens is 224 g/mol. The van der Waals surface area contributed by atoms with Crippen molar-refractivity contribution in [1.82, 2.24) is 4.90 Å². The highest BCUT2D eigenvalue weighted by atomic mass is 16.5. The maximum absolute atomic E-state index is 8.45. The van der Waals surface area contributed by atoms with Gasteiger partial charge in [-0.3, -0.25) is 4.90 Å². The summed E-state index contributed by atoms with van der Waals surface area (Å²) >= 11 is 0. The van der Waals surface area contributed by atoms with Gasteiger partial charge in [-0.2, -0.15) is 0 Å². The maximum Gasteiger partial charge on any atom is 0.0701 e. The van der Waals surface area contributed by atoms with Crippen LogP contribution in [0, 0.1) is 0 Å². The van der Waals surface area contributed by atoms with E-state index in [0.29, 0.717) is 39.1 Å². The molecular formula is C11H24N2O4. The highest BCUT2D eigenvalue weighted by Crippen LogP contribution is 2.03. The number of hydrogen-bond acceptors (Lipinski definition) is 6. The van der Waals surface area contributed by atoms with Crippen LogP contribution in [-0.4, -0.2) is 81.9 Å². The Labute approximate surface area is 103 Å². The predicted molar refractivity (Wildman–Crippen MR) is 64.0 cm³/mol. The summed E-state index contributed by atoms with van der Waals surface area (Å²) in [5.41, 5.74) is 5.66. The average Bonchev–Trinajstić information content (AvgIpc) is 2.29. The molecule has 0 aromatic heterocycles. The molecule has 6 nitrogen and oxygen atoms in total. The van der Waals surface area contributed by atoms with Gasteiger partial charge in [0.1, 0.15) is 0 Å². The minimum absolute atomic E-state index is 0.0588. The number of hydrogen-bond donors (Lipinski definition) is 2. The third-order valence-corrected chi connectivity index (χ3v) is 2.52. The van der Waals surface area contributed by atoms with Crippen molar-refractivity contribution in [2.24, 2.45) is 5.73 Å². The molecule has 17 heavy (non-hydrogen) atoms. The standard InChI is InChI=1S/C11H24N2O4/c12-11-9-13(10-11)1-3-15-5-7-17-8-6-16-4-2-14/h11,14H,1-10,12H2. The van der Waals surface area contributed by atoms with Crippen molar-refractivity contribution in [3.05, 3.63) is 0 Å². The molecule has 1 aliphatic rings. The molecule has 1 saturated heterocycles. The van der Waals surface area contributed by atoms with Crippen LogP contribution in [-0.2, 0) is 14.2 Å². The number of rotatable bonds is 11. The normalized spacial score (nSPS) is 17.3. The molecule has 102 valence electrons. The Bertz CT molecular complexity index is 177. The van der Waals surface area contributed by atoms with Crippen molar-refractivity contribution >= 4 is 0 Å². The number of ether oxygens (including phenoxy) is 3. The molecule has 0 aliphatic carbocycles. The van der Waals surface area contributed by atoms with E-state index in [-0.39, 0.29) is 6.61 Å². The molecule has 0 amide bonds. The van der Waals surface area contributed by atoms with Crippen LogP contribution < -0.4 is 5.73 Å². The van der Waals surface area contributed by atoms with Crippen molar-refractivity contribution in [3.8, 4) is 0 Å². The van der Waals surface area contributed by atoms with Gasteiger partial charge in [-0.15, -0.1) is 0 Å². The molecule has 6 heteroatoms. The van der Waals surface area contributed by atoms with Gasteiger partial charge in [-0.05, 0) is 0 Å². The molecule has 1 heterocycles. The third-order valence-electron chi connectivity index (χ3n) is 2.52. The van der Waals surface area contributed by atoms with E-state index in [2.05, 4.69) is 4.90 Å². The van der Waals surface area contributed by atoms with Gasteiger partial charge in [0, 0.05) is 25.7 Å². The zero-order valence-corrected chi connectivity index (χ0v) is 10.3. The summed E-state index contributed by atoms with van der Waals surface area (Å²) in [5.74, 6) is 0. The van der Waals surface area contributed by atoms with E-state index in [1.807, 2.05) is 0 Å². The van der Waals surface area contributed by atoms with Crippen LogP contribution in [0.4, 0.5) is 0 Å². The average molecular weight is 248 g/mol. The Morgan fingerprint density at radius 3 is 2.00 bits per heavy atom. The number of nitrogens with two attached hydrogens (primary N) is 1. The highest BCUT2D eigenvalue weighted by Gasteiger charge is 2.21. The van der Waals surface area contributed by atoms with Crippen molar-refractivity contribution in [1.29, 1.82) is 0 Å². The second-order valence-electron chi connectivity index (χ2n) is 4.08. The maximum atomic E-state index is 8.45. The topological polar surface area (TPSA) is 77.2 Å². The zero-order chi connectivity index (χ0) is 12.3. The van der Waals surface area contributed by atoms with Crippen LogP contribution >= 0.6 is 0 Å². The molecule has 0 aromatic rings. The minimum atomic E-state index is 0.0588. The molecule has 3 N–H and O–H groups in total. The largest absolute Gasteiger partial charge is 0.394 e. The van der Waals surface area contributed by atoms with Crippen molar-refractivity contribution in [2.45, 2.75) is 6.04 Å². The van der Waals surface area contributed by atoms with E-state index in [1.54, 1.807) is 0 Å². The summed E-state index contributed by atoms with van der Waals surface area (Å²) in [6.45, 7) is 6.36. The third kappa shape index (κ3) is 7.64. The van der Waals surface area contributed by atoms with Gasteiger partial charge >= 0.3 is 0 Å². The smallest absolute Gasteiger partial charge is 0.0701 e. The van der Waals surface area contributed by atoms with Crippen molar-refractivity contribution < 1.29 is 19.3 Å². The molecule has 0 radical (unpaired) electrons. The van der Waals surface area contributed by atoms with Crippen LogP contribution in [0.25, 0.3) is 0 Å². The lowest BCUT2D eigenvalue weighted by Crippen LogP contribution is -2.56. The Balaban J connectivity index is 1.67. The molecule has 0 saturated carbocycles. The SMILES string of the molecule is NC1CN(CCOCCOCCOCCO)C1. The molecule has 0 spiro atoms. The quantitative estimate of drug-likeness (QED) is 0.441. The molecule has 0 unspecified atom stereocenters. The lowest BCUT2D eigenvalue weighted by molar-refractivity contribution is 0.00102. The van der Waals surface area contributed by atoms with Crippen LogP contribution in [0.3, 0.4) is 0 Å². The van der Waals surface area contributed by atoms with E-state index in [0.717, 1.165) is 26.2 Å². The molecule has 0 aromatic carbocycles. The second kappa shape index (κ2) is 9.76. The van der Waals surface area contributed by atoms with E-state index in [4.69, 9.17) is 25.1 Å². The van der Waals surface area contributed by atoms with Gasteiger partial charge in [0.2, 0.25) is 0 Å². The summed E-state index contributed by atoms with van der Waals surface area (Å²) < 4.78 is 15.7. The van der Waals surface area contributed by atoms with E-state index in [9.17, 15) is 0 Å². The summed E-state index contributed by atoms with van der Waals surface area (Å²) in [6, 6.07) is 0.359. The fourth-order valence-electron chi connectivity index (χ4n) is 1.59. The van der Waals surface area contributed by atoms with Crippen molar-refractivity contribution in [2.75, 3.05) is 65.9 Å². The van der Waals surface area contributed by atoms with Crippen LogP contribution in [0.2, 0.25) is 0 Å². The van der Waals surface area contributed by atoms with Crippen LogP contribution in [0.15, 0.2) is 0 Å². The predicted octanol–water partition coefficient (Wildman–Crippen LogP) is -1.33. The summed E-state index contributed by atoms with van der Waals surface area (Å²) in [7, 11) is 0. The van der Waals surface area contributed by atoms with E-state index < -0.39 is 0 Å². The number of nitrogens with zero attached hydrogens (tertiary/aromatic N) is 1. The molecule has 1 fully saturated rings. The summed E-state index contributed by atoms with van der Waals surface area (Å²) in [5, 5.41) is 8.45. The molecule has 0 bridgehead atoms. The lowest BCUT2D eigenvalue weighted by atomic mass is 10.1. The van der Waals surface area contributed by atoms with Crippen molar-refractivity contribution in [3.63, 3.8) is 0 Å². The lowest BCUT2D eigenvalue weighted by Gasteiger charge is -2.36. The Kier molecular flexibility index (Phi) is 8.50. The van der Waals surface area contributed by atoms with Gasteiger partial charge in [-0.25, -0.2) is 0 Å². The minimum Gasteiger partial charge on any atom is -0.394 e. The zero-order valence-electron chi connectivity index (χ0n) is 10.3. The fourth-order valence-corrected chi connectivity index (χ4v) is 1.59. The molecule has 1 rings (SSSR count). The van der Waals surface area contributed by atoms with E-state index in [1.165, 1.54) is 0 Å². The number of aliphatic hydroxyl groups is 1. The Morgan fingerprint density at radius 2 is 1.47 bits per heavy atom. The fraction of sp³-hybridized carbons (Fsp3) is 1.00. The monoisotopic (exact) mass is 248 g/mol. The first-order valence-corrected chi connectivity index (χ1v) is 6.15.